The second-order valence-electron chi connectivity index (χ2n) is 7.35. The van der Waals surface area contributed by atoms with Gasteiger partial charge in [0, 0.05) is 22.7 Å². The molecule has 0 atom stereocenters. The van der Waals surface area contributed by atoms with Crippen LogP contribution in [0.25, 0.3) is 33.2 Å². The highest BCUT2D eigenvalue weighted by Gasteiger charge is 2.35. The van der Waals surface area contributed by atoms with Gasteiger partial charge in [-0.15, -0.1) is 0 Å². The molecule has 120 valence electrons. The van der Waals surface area contributed by atoms with Crippen molar-refractivity contribution < 1.29 is 0 Å². The van der Waals surface area contributed by atoms with Crippen molar-refractivity contribution in [1.82, 2.24) is 4.98 Å². The number of pyridine rings is 1. The number of nitrogens with zero attached hydrogens (tertiary/aromatic N) is 1. The number of hydrogen-bond donors (Lipinski definition) is 0. The summed E-state index contributed by atoms with van der Waals surface area (Å²) in [7, 11) is 0. The Kier molecular flexibility index (Phi) is 2.90. The number of aromatic nitrogens is 1. The Hall–Kier alpha value is -2.93. The van der Waals surface area contributed by atoms with Crippen LogP contribution in [0.2, 0.25) is 0 Å². The summed E-state index contributed by atoms with van der Waals surface area (Å²) in [5.41, 5.74) is 7.58. The highest BCUT2D eigenvalue weighted by atomic mass is 14.7. The Morgan fingerprint density at radius 1 is 0.680 bits per heavy atom. The van der Waals surface area contributed by atoms with Gasteiger partial charge >= 0.3 is 0 Å². The normalized spacial score (nSPS) is 14.3. The van der Waals surface area contributed by atoms with E-state index in [9.17, 15) is 0 Å². The monoisotopic (exact) mass is 321 g/mol. The van der Waals surface area contributed by atoms with Gasteiger partial charge in [-0.25, -0.2) is 0 Å². The second kappa shape index (κ2) is 5.03. The van der Waals surface area contributed by atoms with Crippen LogP contribution in [-0.4, -0.2) is 4.98 Å². The zero-order valence-corrected chi connectivity index (χ0v) is 14.5. The van der Waals surface area contributed by atoms with Crippen LogP contribution in [-0.2, 0) is 5.41 Å². The predicted octanol–water partition coefficient (Wildman–Crippen LogP) is 6.21. The molecule has 0 amide bonds. The first-order valence-corrected chi connectivity index (χ1v) is 8.74. The molecule has 1 nitrogen and oxygen atoms in total. The lowest BCUT2D eigenvalue weighted by atomic mass is 9.82. The molecule has 0 spiro atoms. The average molecular weight is 321 g/mol. The summed E-state index contributed by atoms with van der Waals surface area (Å²) in [6, 6.07) is 26.0. The van der Waals surface area contributed by atoms with Crippen LogP contribution < -0.4 is 0 Å². The van der Waals surface area contributed by atoms with Gasteiger partial charge in [-0.1, -0.05) is 74.5 Å². The molecular formula is C24H19N. The van der Waals surface area contributed by atoms with Crippen molar-refractivity contribution in [1.29, 1.82) is 0 Å². The molecular weight excluding hydrogens is 302 g/mol. The largest absolute Gasteiger partial charge is 0.256 e. The van der Waals surface area contributed by atoms with Crippen LogP contribution >= 0.6 is 0 Å². The van der Waals surface area contributed by atoms with Crippen molar-refractivity contribution in [2.75, 3.05) is 0 Å². The van der Waals surface area contributed by atoms with E-state index in [1.54, 1.807) is 0 Å². The third-order valence-electron chi connectivity index (χ3n) is 5.51. The van der Waals surface area contributed by atoms with Gasteiger partial charge in [-0.3, -0.25) is 4.98 Å². The van der Waals surface area contributed by atoms with Crippen LogP contribution in [0, 0.1) is 0 Å². The number of fused-ring (bicyclic) bond motifs is 4. The first kappa shape index (κ1) is 14.4. The summed E-state index contributed by atoms with van der Waals surface area (Å²) < 4.78 is 0. The molecule has 0 N–H and O–H groups in total. The third-order valence-corrected chi connectivity index (χ3v) is 5.51. The molecule has 0 saturated carbocycles. The van der Waals surface area contributed by atoms with Gasteiger partial charge in [0.1, 0.15) is 0 Å². The molecule has 1 heteroatoms. The molecule has 0 radical (unpaired) electrons. The fraction of sp³-hybridized carbons (Fsp3) is 0.125. The van der Waals surface area contributed by atoms with E-state index in [0.29, 0.717) is 0 Å². The van der Waals surface area contributed by atoms with Crippen molar-refractivity contribution in [3.8, 4) is 22.4 Å². The Bertz CT molecular complexity index is 1120. The molecule has 1 aliphatic rings. The summed E-state index contributed by atoms with van der Waals surface area (Å²) in [5, 5.41) is 2.52. The molecule has 1 aromatic heterocycles. The summed E-state index contributed by atoms with van der Waals surface area (Å²) in [6.45, 7) is 4.61. The van der Waals surface area contributed by atoms with E-state index in [-0.39, 0.29) is 5.41 Å². The van der Waals surface area contributed by atoms with Gasteiger partial charge in [0.05, 0.1) is 5.69 Å². The maximum Gasteiger partial charge on any atom is 0.0705 e. The zero-order valence-electron chi connectivity index (χ0n) is 14.5. The van der Waals surface area contributed by atoms with Crippen LogP contribution in [0.3, 0.4) is 0 Å². The Balaban J connectivity index is 1.69. The summed E-state index contributed by atoms with van der Waals surface area (Å²) in [6.07, 6.45) is 2.05. The Morgan fingerprint density at radius 2 is 1.44 bits per heavy atom. The summed E-state index contributed by atoms with van der Waals surface area (Å²) >= 11 is 0. The first-order valence-electron chi connectivity index (χ1n) is 8.74. The summed E-state index contributed by atoms with van der Waals surface area (Å²) in [4.78, 5) is 4.79. The van der Waals surface area contributed by atoms with Crippen molar-refractivity contribution in [3.63, 3.8) is 0 Å². The molecule has 0 aliphatic heterocycles. The minimum absolute atomic E-state index is 0.0144. The van der Waals surface area contributed by atoms with Gasteiger partial charge in [0.15, 0.2) is 0 Å². The number of benzene rings is 3. The van der Waals surface area contributed by atoms with E-state index >= 15 is 0 Å². The van der Waals surface area contributed by atoms with E-state index in [4.69, 9.17) is 4.98 Å². The zero-order chi connectivity index (χ0) is 17.0. The SMILES string of the molecule is CC1(C)c2ccccc2-c2cnc(-c3ccc4ccccc4c3)cc21. The van der Waals surface area contributed by atoms with Crippen LogP contribution in [0.15, 0.2) is 79.0 Å². The van der Waals surface area contributed by atoms with Gasteiger partial charge in [-0.2, -0.15) is 0 Å². The van der Waals surface area contributed by atoms with E-state index < -0.39 is 0 Å². The standard InChI is InChI=1S/C24H19N/c1-24(2)21-10-6-5-9-19(21)20-15-25-23(14-22(20)24)18-12-11-16-7-3-4-8-17(16)13-18/h3-15H,1-2H3. The molecule has 3 aromatic carbocycles. The van der Waals surface area contributed by atoms with Crippen LogP contribution in [0.1, 0.15) is 25.0 Å². The van der Waals surface area contributed by atoms with Crippen LogP contribution in [0.4, 0.5) is 0 Å². The summed E-state index contributed by atoms with van der Waals surface area (Å²) in [5.74, 6) is 0. The minimum Gasteiger partial charge on any atom is -0.256 e. The molecule has 1 heterocycles. The van der Waals surface area contributed by atoms with Gasteiger partial charge in [0.25, 0.3) is 0 Å². The van der Waals surface area contributed by atoms with E-state index in [1.165, 1.54) is 38.6 Å². The van der Waals surface area contributed by atoms with E-state index in [2.05, 4.69) is 86.6 Å². The fourth-order valence-corrected chi connectivity index (χ4v) is 4.10. The van der Waals surface area contributed by atoms with Gasteiger partial charge in [-0.05, 0) is 39.6 Å². The molecule has 0 saturated heterocycles. The van der Waals surface area contributed by atoms with Crippen molar-refractivity contribution in [3.05, 3.63) is 90.1 Å². The third kappa shape index (κ3) is 2.05. The fourth-order valence-electron chi connectivity index (χ4n) is 4.10. The Labute approximate surface area is 148 Å². The second-order valence-corrected chi connectivity index (χ2v) is 7.35. The average Bonchev–Trinajstić information content (AvgIpc) is 2.89. The highest BCUT2D eigenvalue weighted by Crippen LogP contribution is 2.48. The predicted molar refractivity (Wildman–Crippen MR) is 105 cm³/mol. The van der Waals surface area contributed by atoms with Crippen molar-refractivity contribution in [2.24, 2.45) is 0 Å². The lowest BCUT2D eigenvalue weighted by Crippen LogP contribution is -2.15. The molecule has 0 unspecified atom stereocenters. The molecule has 4 aromatic rings. The number of rotatable bonds is 1. The molecule has 5 rings (SSSR count). The smallest absolute Gasteiger partial charge is 0.0705 e. The molecule has 0 fully saturated rings. The van der Waals surface area contributed by atoms with E-state index in [0.717, 1.165) is 5.69 Å². The van der Waals surface area contributed by atoms with Crippen LogP contribution in [0.5, 0.6) is 0 Å². The lowest BCUT2D eigenvalue weighted by molar-refractivity contribution is 0.660. The van der Waals surface area contributed by atoms with Gasteiger partial charge < -0.3 is 0 Å². The topological polar surface area (TPSA) is 12.9 Å². The van der Waals surface area contributed by atoms with Crippen molar-refractivity contribution in [2.45, 2.75) is 19.3 Å². The number of hydrogen-bond acceptors (Lipinski definition) is 1. The van der Waals surface area contributed by atoms with E-state index in [1.807, 2.05) is 6.20 Å². The molecule has 1 aliphatic carbocycles. The van der Waals surface area contributed by atoms with Gasteiger partial charge in [0.2, 0.25) is 0 Å². The first-order chi connectivity index (χ1) is 12.1. The molecule has 25 heavy (non-hydrogen) atoms. The lowest BCUT2D eigenvalue weighted by Gasteiger charge is -2.21. The minimum atomic E-state index is 0.0144. The highest BCUT2D eigenvalue weighted by molar-refractivity contribution is 5.88. The maximum absolute atomic E-state index is 4.79. The van der Waals surface area contributed by atoms with Crippen molar-refractivity contribution >= 4 is 10.8 Å². The maximum atomic E-state index is 4.79. The quantitative estimate of drug-likeness (QED) is 0.406. The molecule has 0 bridgehead atoms. The Morgan fingerprint density at radius 3 is 2.32 bits per heavy atom.